The van der Waals surface area contributed by atoms with Crippen molar-refractivity contribution >= 4 is 35.0 Å². The maximum Gasteiger partial charge on any atom is 0.337 e. The van der Waals surface area contributed by atoms with E-state index in [0.717, 1.165) is 5.56 Å². The maximum absolute atomic E-state index is 12.5. The minimum atomic E-state index is -0.482. The van der Waals surface area contributed by atoms with Gasteiger partial charge in [-0.2, -0.15) is 0 Å². The Morgan fingerprint density at radius 1 is 1.07 bits per heavy atom. The molecular formula is C20H17ClN4O3. The highest BCUT2D eigenvalue weighted by atomic mass is 35.5. The lowest BCUT2D eigenvalue weighted by molar-refractivity contribution is 0.0600. The number of anilines is 2. The van der Waals surface area contributed by atoms with Crippen LogP contribution in [0.3, 0.4) is 0 Å². The minimum absolute atomic E-state index is 0.181. The molecule has 3 aromatic rings. The van der Waals surface area contributed by atoms with Gasteiger partial charge in [0.25, 0.3) is 5.91 Å². The number of benzene rings is 2. The van der Waals surface area contributed by atoms with Gasteiger partial charge in [-0.15, -0.1) is 0 Å². The summed E-state index contributed by atoms with van der Waals surface area (Å²) in [4.78, 5) is 32.2. The van der Waals surface area contributed by atoms with Crippen LogP contribution in [0.1, 0.15) is 26.4 Å². The maximum atomic E-state index is 12.5. The number of rotatable bonds is 6. The zero-order valence-corrected chi connectivity index (χ0v) is 15.7. The van der Waals surface area contributed by atoms with Crippen LogP contribution in [-0.2, 0) is 11.3 Å². The van der Waals surface area contributed by atoms with Crippen LogP contribution in [0.2, 0.25) is 5.02 Å². The SMILES string of the molecule is COC(=O)c1cccc(NC(=O)c2cc(NCc3ccccc3Cl)ncn2)c1. The van der Waals surface area contributed by atoms with Gasteiger partial charge >= 0.3 is 5.97 Å². The highest BCUT2D eigenvalue weighted by Crippen LogP contribution is 2.17. The lowest BCUT2D eigenvalue weighted by Crippen LogP contribution is -2.15. The fourth-order valence-corrected chi connectivity index (χ4v) is 2.65. The number of carbonyl (C=O) groups is 2. The highest BCUT2D eigenvalue weighted by molar-refractivity contribution is 6.31. The van der Waals surface area contributed by atoms with Gasteiger partial charge in [0.05, 0.1) is 12.7 Å². The molecule has 3 rings (SSSR count). The number of aromatic nitrogens is 2. The van der Waals surface area contributed by atoms with Crippen LogP contribution in [0, 0.1) is 0 Å². The van der Waals surface area contributed by atoms with Crippen molar-refractivity contribution in [1.29, 1.82) is 0 Å². The van der Waals surface area contributed by atoms with Crippen LogP contribution in [-0.4, -0.2) is 29.0 Å². The molecule has 7 nitrogen and oxygen atoms in total. The van der Waals surface area contributed by atoms with Crippen molar-refractivity contribution in [2.24, 2.45) is 0 Å². The van der Waals surface area contributed by atoms with Gasteiger partial charge in [0.2, 0.25) is 0 Å². The lowest BCUT2D eigenvalue weighted by Gasteiger charge is -2.09. The Kier molecular flexibility index (Phi) is 6.18. The zero-order valence-electron chi connectivity index (χ0n) is 15.0. The van der Waals surface area contributed by atoms with Crippen molar-refractivity contribution < 1.29 is 14.3 Å². The highest BCUT2D eigenvalue weighted by Gasteiger charge is 2.11. The third-order valence-electron chi connectivity index (χ3n) is 3.86. The number of halogens is 1. The summed E-state index contributed by atoms with van der Waals surface area (Å²) in [6.07, 6.45) is 1.30. The van der Waals surface area contributed by atoms with Crippen molar-refractivity contribution in [2.75, 3.05) is 17.7 Å². The van der Waals surface area contributed by atoms with Crippen LogP contribution in [0.15, 0.2) is 60.9 Å². The number of nitrogens with one attached hydrogen (secondary N) is 2. The second kappa shape index (κ2) is 8.96. The van der Waals surface area contributed by atoms with E-state index in [1.54, 1.807) is 24.3 Å². The van der Waals surface area contributed by atoms with Gasteiger partial charge in [-0.05, 0) is 29.8 Å². The van der Waals surface area contributed by atoms with Crippen molar-refractivity contribution in [3.05, 3.63) is 82.8 Å². The van der Waals surface area contributed by atoms with E-state index < -0.39 is 11.9 Å². The third kappa shape index (κ3) is 4.83. The second-order valence-corrected chi connectivity index (χ2v) is 6.17. The standard InChI is InChI=1S/C20H17ClN4O3/c1-28-20(27)13-6-4-7-15(9-13)25-19(26)17-10-18(24-12-23-17)22-11-14-5-2-3-8-16(14)21/h2-10,12H,11H2,1H3,(H,25,26)(H,22,23,24). The Balaban J connectivity index is 1.69. The number of carbonyl (C=O) groups excluding carboxylic acids is 2. The number of nitrogens with zero attached hydrogens (tertiary/aromatic N) is 2. The first-order valence-electron chi connectivity index (χ1n) is 8.36. The van der Waals surface area contributed by atoms with Gasteiger partial charge in [0.15, 0.2) is 0 Å². The molecule has 8 heteroatoms. The van der Waals surface area contributed by atoms with Gasteiger partial charge in [-0.25, -0.2) is 14.8 Å². The van der Waals surface area contributed by atoms with Crippen molar-refractivity contribution in [3.63, 3.8) is 0 Å². The van der Waals surface area contributed by atoms with Crippen LogP contribution in [0.25, 0.3) is 0 Å². The van der Waals surface area contributed by atoms with E-state index in [1.165, 1.54) is 25.6 Å². The molecule has 1 aromatic heterocycles. The molecular weight excluding hydrogens is 380 g/mol. The van der Waals surface area contributed by atoms with Gasteiger partial charge < -0.3 is 15.4 Å². The van der Waals surface area contributed by atoms with Crippen LogP contribution >= 0.6 is 11.6 Å². The molecule has 0 bridgehead atoms. The second-order valence-electron chi connectivity index (χ2n) is 5.76. The van der Waals surface area contributed by atoms with Gasteiger partial charge in [0.1, 0.15) is 17.8 Å². The van der Waals surface area contributed by atoms with Crippen molar-refractivity contribution in [3.8, 4) is 0 Å². The number of esters is 1. The number of ether oxygens (including phenoxy) is 1. The van der Waals surface area contributed by atoms with Crippen molar-refractivity contribution in [1.82, 2.24) is 9.97 Å². The number of amides is 1. The molecule has 0 aliphatic rings. The first kappa shape index (κ1) is 19.3. The van der Waals surface area contributed by atoms with E-state index in [4.69, 9.17) is 11.6 Å². The average Bonchev–Trinajstić information content (AvgIpc) is 2.73. The number of methoxy groups -OCH3 is 1. The molecule has 0 unspecified atom stereocenters. The van der Waals surface area contributed by atoms with E-state index in [1.807, 2.05) is 18.2 Å². The largest absolute Gasteiger partial charge is 0.465 e. The molecule has 0 radical (unpaired) electrons. The summed E-state index contributed by atoms with van der Waals surface area (Å²) in [5.74, 6) is -0.419. The van der Waals surface area contributed by atoms with Gasteiger partial charge in [-0.3, -0.25) is 4.79 Å². The van der Waals surface area contributed by atoms with E-state index in [9.17, 15) is 9.59 Å². The zero-order chi connectivity index (χ0) is 19.9. The van der Waals surface area contributed by atoms with Gasteiger partial charge in [0, 0.05) is 23.3 Å². The summed E-state index contributed by atoms with van der Waals surface area (Å²) < 4.78 is 4.68. The van der Waals surface area contributed by atoms with E-state index in [2.05, 4.69) is 25.3 Å². The molecule has 1 heterocycles. The Hall–Kier alpha value is -3.45. The number of hydrogen-bond acceptors (Lipinski definition) is 6. The minimum Gasteiger partial charge on any atom is -0.465 e. The van der Waals surface area contributed by atoms with E-state index >= 15 is 0 Å². The molecule has 0 saturated heterocycles. The third-order valence-corrected chi connectivity index (χ3v) is 4.23. The fourth-order valence-electron chi connectivity index (χ4n) is 2.44. The van der Waals surface area contributed by atoms with E-state index in [-0.39, 0.29) is 5.69 Å². The lowest BCUT2D eigenvalue weighted by atomic mass is 10.2. The Morgan fingerprint density at radius 2 is 1.89 bits per heavy atom. The molecule has 0 saturated carbocycles. The molecule has 28 heavy (non-hydrogen) atoms. The van der Waals surface area contributed by atoms with Crippen LogP contribution < -0.4 is 10.6 Å². The predicted molar refractivity (Wildman–Crippen MR) is 107 cm³/mol. The summed E-state index contributed by atoms with van der Waals surface area (Å²) in [5, 5.41) is 6.46. The molecule has 2 aromatic carbocycles. The molecule has 0 atom stereocenters. The first-order chi connectivity index (χ1) is 13.6. The van der Waals surface area contributed by atoms with E-state index in [0.29, 0.717) is 28.6 Å². The monoisotopic (exact) mass is 396 g/mol. The van der Waals surface area contributed by atoms with Crippen LogP contribution in [0.5, 0.6) is 0 Å². The molecule has 0 spiro atoms. The molecule has 0 fully saturated rings. The summed E-state index contributed by atoms with van der Waals surface area (Å²) in [6, 6.07) is 15.4. The van der Waals surface area contributed by atoms with Gasteiger partial charge in [-0.1, -0.05) is 35.9 Å². The Labute approximate surface area is 166 Å². The summed E-state index contributed by atoms with van der Waals surface area (Å²) in [7, 11) is 1.30. The smallest absolute Gasteiger partial charge is 0.337 e. The summed E-state index contributed by atoms with van der Waals surface area (Å²) >= 11 is 6.14. The fraction of sp³-hybridized carbons (Fsp3) is 0.100. The average molecular weight is 397 g/mol. The predicted octanol–water partition coefficient (Wildman–Crippen LogP) is 3.78. The van der Waals surface area contributed by atoms with Crippen molar-refractivity contribution in [2.45, 2.75) is 6.54 Å². The van der Waals surface area contributed by atoms with Crippen LogP contribution in [0.4, 0.5) is 11.5 Å². The molecule has 2 N–H and O–H groups in total. The first-order valence-corrected chi connectivity index (χ1v) is 8.73. The summed E-state index contributed by atoms with van der Waals surface area (Å²) in [5.41, 5.74) is 1.88. The molecule has 1 amide bonds. The topological polar surface area (TPSA) is 93.2 Å². The number of hydrogen-bond donors (Lipinski definition) is 2. The quantitative estimate of drug-likeness (QED) is 0.616. The molecule has 0 aliphatic carbocycles. The normalized spacial score (nSPS) is 10.2. The molecule has 142 valence electrons. The summed E-state index contributed by atoms with van der Waals surface area (Å²) in [6.45, 7) is 0.457. The molecule has 0 aliphatic heterocycles. The Morgan fingerprint density at radius 3 is 2.68 bits per heavy atom. The Bertz CT molecular complexity index is 1010.